The van der Waals surface area contributed by atoms with Crippen molar-refractivity contribution < 1.29 is 18.7 Å². The van der Waals surface area contributed by atoms with E-state index in [0.29, 0.717) is 33.4 Å². The first-order chi connectivity index (χ1) is 15.1. The van der Waals surface area contributed by atoms with Gasteiger partial charge in [-0.25, -0.2) is 14.4 Å². The van der Waals surface area contributed by atoms with Crippen molar-refractivity contribution in [1.82, 2.24) is 14.3 Å². The summed E-state index contributed by atoms with van der Waals surface area (Å²) in [5.74, 6) is 0.769. The monoisotopic (exact) mass is 456 g/mol. The van der Waals surface area contributed by atoms with Gasteiger partial charge in [-0.2, -0.15) is 4.37 Å². The fourth-order valence-electron chi connectivity index (χ4n) is 2.87. The SMILES string of the molecule is COc1ccc(NC(=O)CSc2ncnc3c(-c4ccc(F)cc4)nsc23)c(OC)c1. The van der Waals surface area contributed by atoms with Crippen LogP contribution >= 0.6 is 23.3 Å². The van der Waals surface area contributed by atoms with Gasteiger partial charge in [-0.1, -0.05) is 11.8 Å². The molecule has 2 aromatic heterocycles. The second-order valence-electron chi connectivity index (χ2n) is 6.30. The second kappa shape index (κ2) is 9.27. The van der Waals surface area contributed by atoms with E-state index >= 15 is 0 Å². The number of fused-ring (bicyclic) bond motifs is 1. The van der Waals surface area contributed by atoms with E-state index in [0.717, 1.165) is 10.3 Å². The van der Waals surface area contributed by atoms with Crippen LogP contribution in [0.2, 0.25) is 0 Å². The number of amides is 1. The van der Waals surface area contributed by atoms with Crippen molar-refractivity contribution in [2.24, 2.45) is 0 Å². The fraction of sp³-hybridized carbons (Fsp3) is 0.143. The lowest BCUT2D eigenvalue weighted by Gasteiger charge is -2.11. The standard InChI is InChI=1S/C21H17FN4O3S2/c1-28-14-7-8-15(16(9-14)29-2)25-17(27)10-30-21-20-19(23-11-24-21)18(26-31-20)12-3-5-13(22)6-4-12/h3-9,11H,10H2,1-2H3,(H,25,27). The number of carbonyl (C=O) groups excluding carboxylic acids is 1. The predicted molar refractivity (Wildman–Crippen MR) is 120 cm³/mol. The molecule has 0 bridgehead atoms. The highest BCUT2D eigenvalue weighted by atomic mass is 32.2. The number of rotatable bonds is 7. The van der Waals surface area contributed by atoms with Gasteiger partial charge in [0.1, 0.15) is 44.6 Å². The molecule has 0 unspecified atom stereocenters. The zero-order chi connectivity index (χ0) is 21.8. The Kier molecular flexibility index (Phi) is 6.28. The molecule has 4 aromatic rings. The largest absolute Gasteiger partial charge is 0.497 e. The number of carbonyl (C=O) groups is 1. The summed E-state index contributed by atoms with van der Waals surface area (Å²) in [5, 5.41) is 3.50. The summed E-state index contributed by atoms with van der Waals surface area (Å²) in [5.41, 5.74) is 2.66. The molecule has 158 valence electrons. The van der Waals surface area contributed by atoms with Crippen LogP contribution in [0, 0.1) is 5.82 Å². The third-order valence-corrected chi connectivity index (χ3v) is 6.33. The number of benzene rings is 2. The number of thioether (sulfide) groups is 1. The molecule has 10 heteroatoms. The summed E-state index contributed by atoms with van der Waals surface area (Å²) in [4.78, 5) is 21.1. The lowest BCUT2D eigenvalue weighted by Crippen LogP contribution is -2.14. The molecule has 0 aliphatic carbocycles. The van der Waals surface area contributed by atoms with Crippen LogP contribution in [0.15, 0.2) is 53.8 Å². The quantitative estimate of drug-likeness (QED) is 0.320. The Morgan fingerprint density at radius 2 is 1.94 bits per heavy atom. The molecular formula is C21H17FN4O3S2. The van der Waals surface area contributed by atoms with Crippen LogP contribution in [-0.2, 0) is 4.79 Å². The van der Waals surface area contributed by atoms with Crippen molar-refractivity contribution in [2.75, 3.05) is 25.3 Å². The third kappa shape index (κ3) is 4.59. The van der Waals surface area contributed by atoms with Gasteiger partial charge in [0.15, 0.2) is 0 Å². The van der Waals surface area contributed by atoms with Crippen molar-refractivity contribution >= 4 is 45.1 Å². The van der Waals surface area contributed by atoms with Gasteiger partial charge in [0.05, 0.1) is 25.7 Å². The number of hydrogen-bond donors (Lipinski definition) is 1. The van der Waals surface area contributed by atoms with Crippen LogP contribution in [0.4, 0.5) is 10.1 Å². The number of nitrogens with one attached hydrogen (secondary N) is 1. The molecule has 1 amide bonds. The molecule has 4 rings (SSSR count). The Labute approximate surface area is 185 Å². The topological polar surface area (TPSA) is 86.2 Å². The Hall–Kier alpha value is -3.24. The van der Waals surface area contributed by atoms with Gasteiger partial charge >= 0.3 is 0 Å². The van der Waals surface area contributed by atoms with E-state index in [1.54, 1.807) is 37.4 Å². The molecule has 0 spiro atoms. The van der Waals surface area contributed by atoms with E-state index in [2.05, 4.69) is 19.7 Å². The van der Waals surface area contributed by atoms with E-state index in [-0.39, 0.29) is 17.5 Å². The Morgan fingerprint density at radius 1 is 1.13 bits per heavy atom. The molecule has 0 saturated heterocycles. The van der Waals surface area contributed by atoms with Gasteiger partial charge in [0.25, 0.3) is 0 Å². The van der Waals surface area contributed by atoms with Gasteiger partial charge in [0, 0.05) is 11.6 Å². The van der Waals surface area contributed by atoms with Crippen molar-refractivity contribution in [3.63, 3.8) is 0 Å². The Bertz CT molecular complexity index is 1230. The van der Waals surface area contributed by atoms with Crippen LogP contribution < -0.4 is 14.8 Å². The first kappa shape index (κ1) is 21.0. The molecule has 7 nitrogen and oxygen atoms in total. The van der Waals surface area contributed by atoms with Gasteiger partial charge < -0.3 is 14.8 Å². The maximum atomic E-state index is 13.2. The normalized spacial score (nSPS) is 10.8. The Morgan fingerprint density at radius 3 is 2.68 bits per heavy atom. The fourth-order valence-corrected chi connectivity index (χ4v) is 4.58. The number of hydrogen-bond acceptors (Lipinski definition) is 8. The maximum Gasteiger partial charge on any atom is 0.234 e. The zero-order valence-corrected chi connectivity index (χ0v) is 18.2. The van der Waals surface area contributed by atoms with Gasteiger partial charge in [-0.15, -0.1) is 0 Å². The highest BCUT2D eigenvalue weighted by molar-refractivity contribution is 8.00. The molecule has 0 saturated carbocycles. The molecule has 2 heterocycles. The zero-order valence-electron chi connectivity index (χ0n) is 16.6. The van der Waals surface area contributed by atoms with E-state index < -0.39 is 0 Å². The van der Waals surface area contributed by atoms with Crippen LogP contribution in [0.1, 0.15) is 0 Å². The van der Waals surface area contributed by atoms with E-state index in [4.69, 9.17) is 9.47 Å². The number of nitrogens with zero attached hydrogens (tertiary/aromatic N) is 3. The second-order valence-corrected chi connectivity index (χ2v) is 8.04. The minimum Gasteiger partial charge on any atom is -0.497 e. The van der Waals surface area contributed by atoms with Crippen LogP contribution in [-0.4, -0.2) is 40.2 Å². The maximum absolute atomic E-state index is 13.2. The van der Waals surface area contributed by atoms with Crippen molar-refractivity contribution in [3.05, 3.63) is 54.6 Å². The van der Waals surface area contributed by atoms with E-state index in [9.17, 15) is 9.18 Å². The molecule has 2 aromatic carbocycles. The summed E-state index contributed by atoms with van der Waals surface area (Å²) in [6.45, 7) is 0. The molecule has 0 atom stereocenters. The van der Waals surface area contributed by atoms with Crippen LogP contribution in [0.5, 0.6) is 11.5 Å². The molecule has 0 aliphatic rings. The minimum absolute atomic E-state index is 0.144. The van der Waals surface area contributed by atoms with Crippen molar-refractivity contribution in [2.45, 2.75) is 5.03 Å². The number of methoxy groups -OCH3 is 2. The molecule has 0 aliphatic heterocycles. The van der Waals surface area contributed by atoms with Gasteiger partial charge in [-0.3, -0.25) is 4.79 Å². The first-order valence-electron chi connectivity index (χ1n) is 9.10. The van der Waals surface area contributed by atoms with Crippen molar-refractivity contribution in [1.29, 1.82) is 0 Å². The van der Waals surface area contributed by atoms with Crippen LogP contribution in [0.25, 0.3) is 21.5 Å². The van der Waals surface area contributed by atoms with E-state index in [1.807, 2.05) is 0 Å². The average Bonchev–Trinajstić information content (AvgIpc) is 3.23. The number of anilines is 1. The lowest BCUT2D eigenvalue weighted by atomic mass is 10.1. The number of halogens is 1. The predicted octanol–water partition coefficient (Wildman–Crippen LogP) is 4.64. The van der Waals surface area contributed by atoms with E-state index in [1.165, 1.54) is 48.9 Å². The minimum atomic E-state index is -0.311. The molecule has 1 N–H and O–H groups in total. The first-order valence-corrected chi connectivity index (χ1v) is 10.9. The molecule has 0 fully saturated rings. The summed E-state index contributed by atoms with van der Waals surface area (Å²) >= 11 is 2.54. The average molecular weight is 457 g/mol. The highest BCUT2D eigenvalue weighted by Gasteiger charge is 2.16. The highest BCUT2D eigenvalue weighted by Crippen LogP contribution is 2.35. The Balaban J connectivity index is 1.49. The van der Waals surface area contributed by atoms with Crippen LogP contribution in [0.3, 0.4) is 0 Å². The van der Waals surface area contributed by atoms with Gasteiger partial charge in [-0.05, 0) is 47.9 Å². The lowest BCUT2D eigenvalue weighted by molar-refractivity contribution is -0.113. The number of aromatic nitrogens is 3. The summed E-state index contributed by atoms with van der Waals surface area (Å²) in [6, 6.07) is 11.3. The van der Waals surface area contributed by atoms with Gasteiger partial charge in [0.2, 0.25) is 5.91 Å². The molecule has 31 heavy (non-hydrogen) atoms. The number of ether oxygens (including phenoxy) is 2. The molecule has 0 radical (unpaired) electrons. The summed E-state index contributed by atoms with van der Waals surface area (Å²) in [7, 11) is 3.09. The smallest absolute Gasteiger partial charge is 0.234 e. The summed E-state index contributed by atoms with van der Waals surface area (Å²) < 4.78 is 28.9. The molecular weight excluding hydrogens is 439 g/mol. The third-order valence-electron chi connectivity index (χ3n) is 4.36. The summed E-state index contributed by atoms with van der Waals surface area (Å²) in [6.07, 6.45) is 1.44. The van der Waals surface area contributed by atoms with Crippen molar-refractivity contribution in [3.8, 4) is 22.8 Å².